The summed E-state index contributed by atoms with van der Waals surface area (Å²) in [5, 5.41) is 3.32. The van der Waals surface area contributed by atoms with Gasteiger partial charge in [0.25, 0.3) is 0 Å². The van der Waals surface area contributed by atoms with Gasteiger partial charge < -0.3 is 19.5 Å². The molecule has 21 heavy (non-hydrogen) atoms. The van der Waals surface area contributed by atoms with Gasteiger partial charge in [0.1, 0.15) is 17.2 Å². The van der Waals surface area contributed by atoms with E-state index in [2.05, 4.69) is 5.32 Å². The lowest BCUT2D eigenvalue weighted by Gasteiger charge is -2.19. The second-order valence-electron chi connectivity index (χ2n) is 4.64. The molecule has 0 fully saturated rings. The van der Waals surface area contributed by atoms with E-state index in [1.54, 1.807) is 21.3 Å². The fraction of sp³-hybridized carbons (Fsp3) is 0.294. The molecule has 1 N–H and O–H groups in total. The maximum atomic E-state index is 5.34. The Morgan fingerprint density at radius 1 is 0.714 bits per heavy atom. The minimum atomic E-state index is 0.0555. The minimum Gasteiger partial charge on any atom is -0.497 e. The normalized spacial score (nSPS) is 11.8. The Balaban J connectivity index is 2.39. The number of hydrogen-bond donors (Lipinski definition) is 1. The summed E-state index contributed by atoms with van der Waals surface area (Å²) in [6.45, 7) is 0. The van der Waals surface area contributed by atoms with Crippen LogP contribution in [-0.2, 0) is 0 Å². The van der Waals surface area contributed by atoms with Gasteiger partial charge in [0, 0.05) is 6.07 Å². The summed E-state index contributed by atoms with van der Waals surface area (Å²) in [4.78, 5) is 0. The lowest BCUT2D eigenvalue weighted by atomic mass is 9.98. The van der Waals surface area contributed by atoms with Crippen molar-refractivity contribution in [2.45, 2.75) is 6.04 Å². The molecule has 0 saturated carbocycles. The fourth-order valence-electron chi connectivity index (χ4n) is 2.32. The Morgan fingerprint density at radius 3 is 1.67 bits per heavy atom. The van der Waals surface area contributed by atoms with Gasteiger partial charge in [-0.05, 0) is 42.4 Å². The Morgan fingerprint density at radius 2 is 1.24 bits per heavy atom. The van der Waals surface area contributed by atoms with E-state index in [9.17, 15) is 0 Å². The Labute approximate surface area is 125 Å². The Hall–Kier alpha value is -2.20. The molecule has 0 aliphatic rings. The standard InChI is InChI=1S/C17H21NO3/c1-18-17(12-5-7-14(19-2)8-6-12)13-9-15(20-3)11-16(10-13)21-4/h5-11,17-18H,1-4H3. The van der Waals surface area contributed by atoms with E-state index in [1.165, 1.54) is 0 Å². The van der Waals surface area contributed by atoms with Gasteiger partial charge >= 0.3 is 0 Å². The van der Waals surface area contributed by atoms with E-state index in [0.717, 1.165) is 28.4 Å². The zero-order chi connectivity index (χ0) is 15.2. The molecule has 2 aromatic rings. The molecule has 2 rings (SSSR count). The third kappa shape index (κ3) is 3.47. The summed E-state index contributed by atoms with van der Waals surface area (Å²) in [6, 6.07) is 13.9. The Kier molecular flexibility index (Phi) is 5.06. The molecule has 0 heterocycles. The molecule has 2 aromatic carbocycles. The van der Waals surface area contributed by atoms with Gasteiger partial charge in [-0.15, -0.1) is 0 Å². The first-order chi connectivity index (χ1) is 10.2. The molecule has 0 bridgehead atoms. The van der Waals surface area contributed by atoms with Crippen LogP contribution in [-0.4, -0.2) is 28.4 Å². The molecule has 0 aliphatic carbocycles. The molecular formula is C17H21NO3. The molecule has 0 radical (unpaired) electrons. The summed E-state index contributed by atoms with van der Waals surface area (Å²) in [5.74, 6) is 2.40. The maximum absolute atomic E-state index is 5.34. The predicted molar refractivity (Wildman–Crippen MR) is 83.4 cm³/mol. The number of methoxy groups -OCH3 is 3. The smallest absolute Gasteiger partial charge is 0.122 e. The number of benzene rings is 2. The van der Waals surface area contributed by atoms with Gasteiger partial charge in [0.15, 0.2) is 0 Å². The summed E-state index contributed by atoms with van der Waals surface area (Å²) in [7, 11) is 6.90. The van der Waals surface area contributed by atoms with E-state index in [4.69, 9.17) is 14.2 Å². The Bertz CT molecular complexity index is 559. The number of hydrogen-bond acceptors (Lipinski definition) is 4. The molecule has 4 heteroatoms. The number of nitrogens with one attached hydrogen (secondary N) is 1. The van der Waals surface area contributed by atoms with E-state index in [-0.39, 0.29) is 6.04 Å². The average molecular weight is 287 g/mol. The summed E-state index contributed by atoms with van der Waals surface area (Å²) < 4.78 is 15.9. The predicted octanol–water partition coefficient (Wildman–Crippen LogP) is 3.02. The molecule has 0 saturated heterocycles. The van der Waals surface area contributed by atoms with Crippen LogP contribution < -0.4 is 19.5 Å². The van der Waals surface area contributed by atoms with Gasteiger partial charge in [0.2, 0.25) is 0 Å². The lowest BCUT2D eigenvalue weighted by Crippen LogP contribution is -2.17. The van der Waals surface area contributed by atoms with Crippen LogP contribution in [0.15, 0.2) is 42.5 Å². The van der Waals surface area contributed by atoms with Crippen LogP contribution in [0.25, 0.3) is 0 Å². The van der Waals surface area contributed by atoms with Crippen molar-refractivity contribution < 1.29 is 14.2 Å². The third-order valence-corrected chi connectivity index (χ3v) is 3.44. The van der Waals surface area contributed by atoms with Crippen LogP contribution >= 0.6 is 0 Å². The van der Waals surface area contributed by atoms with E-state index in [0.29, 0.717) is 0 Å². The van der Waals surface area contributed by atoms with Crippen molar-refractivity contribution in [2.24, 2.45) is 0 Å². The zero-order valence-electron chi connectivity index (χ0n) is 12.8. The molecule has 1 atom stereocenters. The monoisotopic (exact) mass is 287 g/mol. The van der Waals surface area contributed by atoms with Crippen molar-refractivity contribution in [1.29, 1.82) is 0 Å². The summed E-state index contributed by atoms with van der Waals surface area (Å²) >= 11 is 0. The van der Waals surface area contributed by atoms with Gasteiger partial charge in [-0.1, -0.05) is 12.1 Å². The average Bonchev–Trinajstić information content (AvgIpc) is 2.55. The zero-order valence-corrected chi connectivity index (χ0v) is 12.8. The van der Waals surface area contributed by atoms with E-state index >= 15 is 0 Å². The molecule has 1 unspecified atom stereocenters. The number of rotatable bonds is 6. The SMILES string of the molecule is CNC(c1ccc(OC)cc1)c1cc(OC)cc(OC)c1. The topological polar surface area (TPSA) is 39.7 Å². The highest BCUT2D eigenvalue weighted by atomic mass is 16.5. The number of ether oxygens (including phenoxy) is 3. The molecular weight excluding hydrogens is 266 g/mol. The first-order valence-electron chi connectivity index (χ1n) is 6.76. The molecule has 0 aromatic heterocycles. The van der Waals surface area contributed by atoms with Gasteiger partial charge in [-0.2, -0.15) is 0 Å². The van der Waals surface area contributed by atoms with Crippen LogP contribution in [0, 0.1) is 0 Å². The first-order valence-corrected chi connectivity index (χ1v) is 6.76. The second kappa shape index (κ2) is 6.99. The third-order valence-electron chi connectivity index (χ3n) is 3.44. The van der Waals surface area contributed by atoms with Gasteiger partial charge in [-0.3, -0.25) is 0 Å². The summed E-state index contributed by atoms with van der Waals surface area (Å²) in [6.07, 6.45) is 0. The van der Waals surface area contributed by atoms with Crippen LogP contribution in [0.2, 0.25) is 0 Å². The van der Waals surface area contributed by atoms with Crippen LogP contribution in [0.3, 0.4) is 0 Å². The molecule has 0 spiro atoms. The van der Waals surface area contributed by atoms with Crippen molar-refractivity contribution >= 4 is 0 Å². The minimum absolute atomic E-state index is 0.0555. The maximum Gasteiger partial charge on any atom is 0.122 e. The highest BCUT2D eigenvalue weighted by molar-refractivity contribution is 5.43. The van der Waals surface area contributed by atoms with E-state index in [1.807, 2.05) is 49.5 Å². The van der Waals surface area contributed by atoms with Crippen molar-refractivity contribution in [3.8, 4) is 17.2 Å². The first kappa shape index (κ1) is 15.2. The van der Waals surface area contributed by atoms with Gasteiger partial charge in [-0.25, -0.2) is 0 Å². The molecule has 112 valence electrons. The van der Waals surface area contributed by atoms with Crippen LogP contribution in [0.4, 0.5) is 0 Å². The largest absolute Gasteiger partial charge is 0.497 e. The van der Waals surface area contributed by atoms with Crippen molar-refractivity contribution in [1.82, 2.24) is 5.32 Å². The van der Waals surface area contributed by atoms with Gasteiger partial charge in [0.05, 0.1) is 27.4 Å². The fourth-order valence-corrected chi connectivity index (χ4v) is 2.32. The van der Waals surface area contributed by atoms with E-state index < -0.39 is 0 Å². The lowest BCUT2D eigenvalue weighted by molar-refractivity contribution is 0.392. The van der Waals surface area contributed by atoms with Crippen LogP contribution in [0.5, 0.6) is 17.2 Å². The van der Waals surface area contributed by atoms with Crippen molar-refractivity contribution in [3.63, 3.8) is 0 Å². The van der Waals surface area contributed by atoms with Crippen molar-refractivity contribution in [2.75, 3.05) is 28.4 Å². The molecule has 0 amide bonds. The highest BCUT2D eigenvalue weighted by Crippen LogP contribution is 2.30. The van der Waals surface area contributed by atoms with Crippen molar-refractivity contribution in [3.05, 3.63) is 53.6 Å². The van der Waals surface area contributed by atoms with Crippen LogP contribution in [0.1, 0.15) is 17.2 Å². The second-order valence-corrected chi connectivity index (χ2v) is 4.64. The quantitative estimate of drug-likeness (QED) is 0.886. The molecule has 0 aliphatic heterocycles. The summed E-state index contributed by atoms with van der Waals surface area (Å²) in [5.41, 5.74) is 2.23. The molecule has 4 nitrogen and oxygen atoms in total. The highest BCUT2D eigenvalue weighted by Gasteiger charge is 2.14.